The summed E-state index contributed by atoms with van der Waals surface area (Å²) in [6.45, 7) is 6.95. The average molecular weight is 728 g/mol. The van der Waals surface area contributed by atoms with Crippen molar-refractivity contribution in [2.45, 2.75) is 70.8 Å². The Hall–Kier alpha value is -4.95. The maximum Gasteiger partial charge on any atom is 0.358 e. The zero-order chi connectivity index (χ0) is 36.7. The number of esters is 1. The molecule has 12 nitrogen and oxygen atoms in total. The first-order chi connectivity index (χ1) is 25.8. The topological polar surface area (TPSA) is 117 Å². The van der Waals surface area contributed by atoms with Crippen molar-refractivity contribution in [3.05, 3.63) is 65.4 Å². The van der Waals surface area contributed by atoms with Gasteiger partial charge in [-0.25, -0.2) is 13.6 Å². The number of anilines is 1. The molecule has 0 N–H and O–H groups in total. The number of carbonyl (C=O) groups is 1. The van der Waals surface area contributed by atoms with E-state index in [-0.39, 0.29) is 42.9 Å². The highest BCUT2D eigenvalue weighted by Gasteiger charge is 2.49. The molecule has 8 rings (SSSR count). The summed E-state index contributed by atoms with van der Waals surface area (Å²) >= 11 is 0. The third kappa shape index (κ3) is 6.52. The molecule has 0 radical (unpaired) electrons. The van der Waals surface area contributed by atoms with Crippen LogP contribution in [-0.4, -0.2) is 94.1 Å². The number of aryl methyl sites for hydroxylation is 2. The lowest BCUT2D eigenvalue weighted by Gasteiger charge is -2.31. The van der Waals surface area contributed by atoms with Crippen LogP contribution in [-0.2, 0) is 29.0 Å². The van der Waals surface area contributed by atoms with Crippen molar-refractivity contribution in [2.75, 3.05) is 51.7 Å². The fourth-order valence-electron chi connectivity index (χ4n) is 8.28. The van der Waals surface area contributed by atoms with Gasteiger partial charge in [-0.2, -0.15) is 15.1 Å². The molecular weight excluding hydrogens is 684 g/mol. The van der Waals surface area contributed by atoms with Crippen LogP contribution in [0.3, 0.4) is 0 Å². The Balaban J connectivity index is 1.25. The van der Waals surface area contributed by atoms with Crippen LogP contribution in [0.1, 0.15) is 61.3 Å². The molecule has 2 fully saturated rings. The Kier molecular flexibility index (Phi) is 9.58. The predicted octanol–water partition coefficient (Wildman–Crippen LogP) is 6.27. The third-order valence-electron chi connectivity index (χ3n) is 10.7. The first-order valence-electron chi connectivity index (χ1n) is 18.4. The van der Waals surface area contributed by atoms with Crippen molar-refractivity contribution in [2.24, 2.45) is 0 Å². The SMILES string of the molecule is CCOC(=O)c1cc2n(n1)CCCN(c1nc(OC[C@@]34CCCN3C[C@H](F)C4)nc3c(F)c(-c4cc(OCOC)cc5cccc(CC)c45)ncc13)C2. The number of hydrogen-bond acceptors (Lipinski definition) is 11. The van der Waals surface area contributed by atoms with Crippen molar-refractivity contribution in [1.29, 1.82) is 0 Å². The van der Waals surface area contributed by atoms with Crippen LogP contribution in [0.15, 0.2) is 42.6 Å². The molecule has 2 aromatic carbocycles. The molecule has 0 unspecified atom stereocenters. The van der Waals surface area contributed by atoms with Crippen LogP contribution in [0.25, 0.3) is 32.9 Å². The Morgan fingerprint density at radius 3 is 2.79 bits per heavy atom. The molecule has 0 amide bonds. The number of pyridine rings is 1. The van der Waals surface area contributed by atoms with Gasteiger partial charge in [0.2, 0.25) is 0 Å². The number of benzene rings is 2. The quantitative estimate of drug-likeness (QED) is 0.113. The molecule has 3 aliphatic heterocycles. The molecule has 3 aromatic heterocycles. The Morgan fingerprint density at radius 1 is 1.08 bits per heavy atom. The highest BCUT2D eigenvalue weighted by Crippen LogP contribution is 2.42. The van der Waals surface area contributed by atoms with Crippen molar-refractivity contribution >= 4 is 33.5 Å². The molecule has 53 heavy (non-hydrogen) atoms. The number of alkyl halides is 1. The fraction of sp³-hybridized carbons (Fsp3) is 0.462. The summed E-state index contributed by atoms with van der Waals surface area (Å²) in [6.07, 6.45) is 4.24. The van der Waals surface area contributed by atoms with Crippen LogP contribution in [0, 0.1) is 5.82 Å². The van der Waals surface area contributed by atoms with E-state index in [2.05, 4.69) is 16.9 Å². The van der Waals surface area contributed by atoms with E-state index in [4.69, 9.17) is 33.9 Å². The molecule has 0 bridgehead atoms. The second kappa shape index (κ2) is 14.5. The van der Waals surface area contributed by atoms with E-state index in [1.54, 1.807) is 37.0 Å². The minimum absolute atomic E-state index is 0.00772. The second-order valence-corrected chi connectivity index (χ2v) is 14.0. The van der Waals surface area contributed by atoms with E-state index >= 15 is 4.39 Å². The summed E-state index contributed by atoms with van der Waals surface area (Å²) in [7, 11) is 1.54. The van der Waals surface area contributed by atoms with Gasteiger partial charge in [0.15, 0.2) is 18.3 Å². The van der Waals surface area contributed by atoms with Crippen LogP contribution >= 0.6 is 0 Å². The van der Waals surface area contributed by atoms with Gasteiger partial charge in [0, 0.05) is 44.9 Å². The summed E-state index contributed by atoms with van der Waals surface area (Å²) in [5.74, 6) is -0.147. The lowest BCUT2D eigenvalue weighted by atomic mass is 9.95. The Bertz CT molecular complexity index is 2180. The number of ether oxygens (including phenoxy) is 4. The number of halogens is 2. The Morgan fingerprint density at radius 2 is 1.96 bits per heavy atom. The molecule has 278 valence electrons. The molecule has 2 atom stereocenters. The fourth-order valence-corrected chi connectivity index (χ4v) is 8.28. The van der Waals surface area contributed by atoms with E-state index in [9.17, 15) is 9.18 Å². The first-order valence-corrected chi connectivity index (χ1v) is 18.4. The monoisotopic (exact) mass is 727 g/mol. The van der Waals surface area contributed by atoms with E-state index in [0.717, 1.165) is 47.8 Å². The van der Waals surface area contributed by atoms with Crippen molar-refractivity contribution in [3.63, 3.8) is 0 Å². The summed E-state index contributed by atoms with van der Waals surface area (Å²) in [6, 6.07) is 11.4. The smallest absolute Gasteiger partial charge is 0.358 e. The summed E-state index contributed by atoms with van der Waals surface area (Å²) in [4.78, 5) is 31.1. The number of carbonyl (C=O) groups excluding carboxylic acids is 1. The predicted molar refractivity (Wildman–Crippen MR) is 195 cm³/mol. The zero-order valence-corrected chi connectivity index (χ0v) is 30.2. The van der Waals surface area contributed by atoms with E-state index in [0.29, 0.717) is 61.5 Å². The largest absolute Gasteiger partial charge is 0.468 e. The van der Waals surface area contributed by atoms with Gasteiger partial charge in [-0.3, -0.25) is 14.6 Å². The average Bonchev–Trinajstić information content (AvgIpc) is 3.79. The van der Waals surface area contributed by atoms with Crippen molar-refractivity contribution in [1.82, 2.24) is 29.6 Å². The van der Waals surface area contributed by atoms with Gasteiger partial charge in [0.05, 0.1) is 29.8 Å². The summed E-state index contributed by atoms with van der Waals surface area (Å²) in [5.41, 5.74) is 2.35. The van der Waals surface area contributed by atoms with Crippen LogP contribution in [0.5, 0.6) is 11.8 Å². The number of hydrogen-bond donors (Lipinski definition) is 0. The summed E-state index contributed by atoms with van der Waals surface area (Å²) in [5, 5.41) is 6.67. The van der Waals surface area contributed by atoms with Gasteiger partial charge in [-0.1, -0.05) is 25.1 Å². The molecule has 0 saturated carbocycles. The number of aromatic nitrogens is 5. The van der Waals surface area contributed by atoms with Crippen molar-refractivity contribution < 1.29 is 32.5 Å². The van der Waals surface area contributed by atoms with E-state index < -0.39 is 23.5 Å². The van der Waals surface area contributed by atoms with Gasteiger partial charge < -0.3 is 23.8 Å². The number of fused-ring (bicyclic) bond motifs is 4. The lowest BCUT2D eigenvalue weighted by Crippen LogP contribution is -2.43. The van der Waals surface area contributed by atoms with Crippen LogP contribution in [0.4, 0.5) is 14.6 Å². The standard InChI is InChI=1S/C39H43F2N7O5/c1-4-24-9-6-10-25-15-28(53-23-50-3)17-29(32(24)25)34-33(41)35-30(19-42-34)36(44-38(43-35)52-22-39-11-7-13-47(39)20-26(40)18-39)46-12-8-14-48-27(21-46)16-31(45-48)37(49)51-5-2/h6,9-10,15-17,19,26H,4-5,7-8,11-14,18,20-23H2,1-3H3/t26-,39+/m1/s1. The highest BCUT2D eigenvalue weighted by molar-refractivity contribution is 6.01. The maximum atomic E-state index is 17.3. The van der Waals surface area contributed by atoms with Crippen LogP contribution in [0.2, 0.25) is 0 Å². The molecule has 0 spiro atoms. The van der Waals surface area contributed by atoms with Gasteiger partial charge in [-0.15, -0.1) is 0 Å². The number of nitrogens with zero attached hydrogens (tertiary/aromatic N) is 7. The lowest BCUT2D eigenvalue weighted by molar-refractivity contribution is 0.0510. The van der Waals surface area contributed by atoms with E-state index in [1.807, 2.05) is 29.2 Å². The summed E-state index contributed by atoms with van der Waals surface area (Å²) < 4.78 is 56.3. The van der Waals surface area contributed by atoms with Gasteiger partial charge in [0.1, 0.15) is 35.6 Å². The molecule has 5 aromatic rings. The molecule has 0 aliphatic carbocycles. The first kappa shape index (κ1) is 35.1. The van der Waals surface area contributed by atoms with Gasteiger partial charge >= 0.3 is 12.0 Å². The molecular formula is C39H43F2N7O5. The van der Waals surface area contributed by atoms with Crippen LogP contribution < -0.4 is 14.4 Å². The molecule has 6 heterocycles. The second-order valence-electron chi connectivity index (χ2n) is 14.0. The minimum Gasteiger partial charge on any atom is -0.468 e. The molecule has 2 saturated heterocycles. The highest BCUT2D eigenvalue weighted by atomic mass is 19.1. The number of rotatable bonds is 11. The van der Waals surface area contributed by atoms with Gasteiger partial charge in [0.25, 0.3) is 0 Å². The van der Waals surface area contributed by atoms with Gasteiger partial charge in [-0.05, 0) is 73.7 Å². The minimum atomic E-state index is -0.925. The number of methoxy groups -OCH3 is 1. The zero-order valence-electron chi connectivity index (χ0n) is 30.2. The Labute approximate surface area is 306 Å². The molecule has 14 heteroatoms. The van der Waals surface area contributed by atoms with Crippen molar-refractivity contribution in [3.8, 4) is 23.0 Å². The maximum absolute atomic E-state index is 17.3. The molecule has 3 aliphatic rings. The third-order valence-corrected chi connectivity index (χ3v) is 10.7. The van der Waals surface area contributed by atoms with E-state index in [1.165, 1.54) is 0 Å². The normalized spacial score (nSPS) is 20.1.